The van der Waals surface area contributed by atoms with Gasteiger partial charge in [-0.05, 0) is 26.9 Å². The molecule has 0 heterocycles. The van der Waals surface area contributed by atoms with Gasteiger partial charge in [0.1, 0.15) is 9.79 Å². The van der Waals surface area contributed by atoms with Gasteiger partial charge in [-0.15, -0.1) is 0 Å². The van der Waals surface area contributed by atoms with E-state index in [0.29, 0.717) is 10.8 Å². The summed E-state index contributed by atoms with van der Waals surface area (Å²) in [5, 5.41) is 3.31. The van der Waals surface area contributed by atoms with Crippen molar-refractivity contribution in [2.75, 3.05) is 0 Å². The standard InChI is InChI=1S/C18H12O6S2/c1-2-12-13-8-6-10-4-3-5-11-7-9-14(16(13)15(10)11)18(26(22,23)24)17(12)25(19,20)21/h2-9H,1H2,(H,19,20,21)(H,22,23,24). The van der Waals surface area contributed by atoms with Gasteiger partial charge in [-0.1, -0.05) is 55.1 Å². The maximum Gasteiger partial charge on any atom is 0.296 e. The van der Waals surface area contributed by atoms with Gasteiger partial charge in [0.15, 0.2) is 0 Å². The summed E-state index contributed by atoms with van der Waals surface area (Å²) < 4.78 is 67.5. The van der Waals surface area contributed by atoms with Gasteiger partial charge in [-0.3, -0.25) is 9.11 Å². The molecule has 8 heteroatoms. The van der Waals surface area contributed by atoms with Gasteiger partial charge in [-0.25, -0.2) is 0 Å². The van der Waals surface area contributed by atoms with Gasteiger partial charge < -0.3 is 0 Å². The van der Waals surface area contributed by atoms with Crippen LogP contribution in [-0.2, 0) is 20.2 Å². The molecule has 0 spiro atoms. The zero-order chi connectivity index (χ0) is 18.9. The third-order valence-corrected chi connectivity index (χ3v) is 6.49. The van der Waals surface area contributed by atoms with Crippen molar-refractivity contribution in [2.24, 2.45) is 0 Å². The lowest BCUT2D eigenvalue weighted by molar-refractivity contribution is 0.467. The number of hydrogen-bond donors (Lipinski definition) is 2. The lowest BCUT2D eigenvalue weighted by atomic mass is 9.92. The molecule has 0 aromatic heterocycles. The predicted octanol–water partition coefficient (Wildman–Crippen LogP) is 3.72. The zero-order valence-electron chi connectivity index (χ0n) is 13.2. The second kappa shape index (κ2) is 5.24. The molecule has 0 atom stereocenters. The number of hydrogen-bond acceptors (Lipinski definition) is 4. The second-order valence-electron chi connectivity index (χ2n) is 5.91. The van der Waals surface area contributed by atoms with Gasteiger partial charge in [0.25, 0.3) is 20.2 Å². The highest BCUT2D eigenvalue weighted by Crippen LogP contribution is 2.43. The Morgan fingerprint density at radius 3 is 1.77 bits per heavy atom. The van der Waals surface area contributed by atoms with Crippen molar-refractivity contribution in [2.45, 2.75) is 9.79 Å². The molecule has 26 heavy (non-hydrogen) atoms. The smallest absolute Gasteiger partial charge is 0.282 e. The molecule has 0 radical (unpaired) electrons. The molecular formula is C18H12O6S2. The Labute approximate surface area is 149 Å². The molecule has 0 unspecified atom stereocenters. The van der Waals surface area contributed by atoms with E-state index in [1.807, 2.05) is 18.2 Å². The lowest BCUT2D eigenvalue weighted by Gasteiger charge is -2.18. The highest BCUT2D eigenvalue weighted by Gasteiger charge is 2.31. The van der Waals surface area contributed by atoms with Crippen molar-refractivity contribution in [1.82, 2.24) is 0 Å². The first kappa shape index (κ1) is 16.9. The highest BCUT2D eigenvalue weighted by atomic mass is 32.2. The van der Waals surface area contributed by atoms with E-state index in [4.69, 9.17) is 0 Å². The van der Waals surface area contributed by atoms with Crippen LogP contribution in [0.25, 0.3) is 38.4 Å². The summed E-state index contributed by atoms with van der Waals surface area (Å²) >= 11 is 0. The quantitative estimate of drug-likeness (QED) is 0.409. The Balaban J connectivity index is 2.51. The van der Waals surface area contributed by atoms with Gasteiger partial charge in [-0.2, -0.15) is 16.8 Å². The minimum Gasteiger partial charge on any atom is -0.282 e. The third-order valence-electron chi connectivity index (χ3n) is 4.48. The zero-order valence-corrected chi connectivity index (χ0v) is 14.8. The number of rotatable bonds is 3. The van der Waals surface area contributed by atoms with Crippen LogP contribution in [0.4, 0.5) is 0 Å². The van der Waals surface area contributed by atoms with E-state index in [0.717, 1.165) is 22.2 Å². The molecule has 0 fully saturated rings. The molecule has 0 saturated carbocycles. The van der Waals surface area contributed by atoms with E-state index < -0.39 is 30.0 Å². The fraction of sp³-hybridized carbons (Fsp3) is 0. The minimum atomic E-state index is -4.96. The molecule has 4 rings (SSSR count). The summed E-state index contributed by atoms with van der Waals surface area (Å²) in [4.78, 5) is -1.72. The van der Waals surface area contributed by atoms with Crippen LogP contribution in [0.15, 0.2) is 58.8 Å². The van der Waals surface area contributed by atoms with Crippen LogP contribution in [-0.4, -0.2) is 25.9 Å². The van der Waals surface area contributed by atoms with Gasteiger partial charge in [0.2, 0.25) is 0 Å². The molecule has 2 N–H and O–H groups in total. The molecule has 4 aromatic carbocycles. The van der Waals surface area contributed by atoms with Crippen LogP contribution >= 0.6 is 0 Å². The van der Waals surface area contributed by atoms with Gasteiger partial charge in [0, 0.05) is 10.9 Å². The van der Waals surface area contributed by atoms with Crippen molar-refractivity contribution in [1.29, 1.82) is 0 Å². The first-order valence-electron chi connectivity index (χ1n) is 7.45. The Kier molecular flexibility index (Phi) is 3.41. The third kappa shape index (κ3) is 2.24. The first-order chi connectivity index (χ1) is 12.1. The first-order valence-corrected chi connectivity index (χ1v) is 10.3. The van der Waals surface area contributed by atoms with Crippen LogP contribution in [0.5, 0.6) is 0 Å². The van der Waals surface area contributed by atoms with E-state index >= 15 is 0 Å². The van der Waals surface area contributed by atoms with E-state index in [2.05, 4.69) is 6.58 Å². The lowest BCUT2D eigenvalue weighted by Crippen LogP contribution is -2.12. The molecular weight excluding hydrogens is 376 g/mol. The average Bonchev–Trinajstić information content (AvgIpc) is 2.56. The normalized spacial score (nSPS) is 13.0. The molecule has 0 aliphatic heterocycles. The molecule has 132 valence electrons. The minimum absolute atomic E-state index is 0.0185. The fourth-order valence-electron chi connectivity index (χ4n) is 3.58. The second-order valence-corrected chi connectivity index (χ2v) is 8.62. The monoisotopic (exact) mass is 388 g/mol. The summed E-state index contributed by atoms with van der Waals surface area (Å²) in [6.07, 6.45) is 1.16. The van der Waals surface area contributed by atoms with E-state index in [-0.39, 0.29) is 10.9 Å². The molecule has 0 amide bonds. The van der Waals surface area contributed by atoms with E-state index in [1.165, 1.54) is 6.07 Å². The average molecular weight is 388 g/mol. The Hall–Kier alpha value is -2.52. The summed E-state index contributed by atoms with van der Waals surface area (Å²) in [6, 6.07) is 12.0. The maximum atomic E-state index is 12.1. The highest BCUT2D eigenvalue weighted by molar-refractivity contribution is 7.89. The molecule has 0 saturated heterocycles. The maximum absolute atomic E-state index is 12.1. The summed E-state index contributed by atoms with van der Waals surface area (Å²) in [5.74, 6) is 0. The van der Waals surface area contributed by atoms with Crippen molar-refractivity contribution >= 4 is 58.6 Å². The summed E-state index contributed by atoms with van der Waals surface area (Å²) in [6.45, 7) is 3.56. The molecule has 0 aliphatic carbocycles. The van der Waals surface area contributed by atoms with Crippen LogP contribution < -0.4 is 0 Å². The number of benzene rings is 4. The van der Waals surface area contributed by atoms with Crippen molar-refractivity contribution < 1.29 is 25.9 Å². The van der Waals surface area contributed by atoms with E-state index in [1.54, 1.807) is 18.2 Å². The van der Waals surface area contributed by atoms with Crippen molar-refractivity contribution in [3.8, 4) is 0 Å². The van der Waals surface area contributed by atoms with Crippen molar-refractivity contribution in [3.05, 3.63) is 54.6 Å². The fourth-order valence-corrected chi connectivity index (χ4v) is 5.82. The van der Waals surface area contributed by atoms with Gasteiger partial charge >= 0.3 is 0 Å². The van der Waals surface area contributed by atoms with Crippen LogP contribution in [0.2, 0.25) is 0 Å². The van der Waals surface area contributed by atoms with Crippen LogP contribution in [0.1, 0.15) is 5.56 Å². The molecule has 4 aromatic rings. The molecule has 6 nitrogen and oxygen atoms in total. The SMILES string of the molecule is C=Cc1c(S(=O)(=O)O)c(S(=O)(=O)O)c2ccc3cccc4ccc1c2c43. The van der Waals surface area contributed by atoms with Gasteiger partial charge in [0.05, 0.1) is 0 Å². The van der Waals surface area contributed by atoms with Crippen LogP contribution in [0.3, 0.4) is 0 Å². The Bertz CT molecular complexity index is 1420. The van der Waals surface area contributed by atoms with Crippen molar-refractivity contribution in [3.63, 3.8) is 0 Å². The predicted molar refractivity (Wildman–Crippen MR) is 99.9 cm³/mol. The topological polar surface area (TPSA) is 109 Å². The molecule has 0 aliphatic rings. The summed E-state index contributed by atoms with van der Waals surface area (Å²) in [7, 11) is -9.92. The Morgan fingerprint density at radius 1 is 0.731 bits per heavy atom. The van der Waals surface area contributed by atoms with E-state index in [9.17, 15) is 25.9 Å². The van der Waals surface area contributed by atoms with Crippen LogP contribution in [0, 0.1) is 0 Å². The Morgan fingerprint density at radius 2 is 1.27 bits per heavy atom. The largest absolute Gasteiger partial charge is 0.296 e. The molecule has 0 bridgehead atoms. The summed E-state index contributed by atoms with van der Waals surface area (Å²) in [5.41, 5.74) is -0.0779.